The summed E-state index contributed by atoms with van der Waals surface area (Å²) in [7, 11) is -2.48. The van der Waals surface area contributed by atoms with Crippen molar-refractivity contribution < 1.29 is 22.3 Å². The van der Waals surface area contributed by atoms with Gasteiger partial charge < -0.3 is 9.30 Å². The second-order valence-corrected chi connectivity index (χ2v) is 13.5. The van der Waals surface area contributed by atoms with Crippen molar-refractivity contribution in [2.24, 2.45) is 11.3 Å². The molecule has 3 aliphatic rings. The highest BCUT2D eigenvalue weighted by molar-refractivity contribution is 7.90. The molecule has 7 nitrogen and oxygen atoms in total. The maximum Gasteiger partial charge on any atom is 0.311 e. The fourth-order valence-corrected chi connectivity index (χ4v) is 8.62. The molecular weight excluding hydrogens is 541 g/mol. The van der Waals surface area contributed by atoms with Crippen molar-refractivity contribution in [3.63, 3.8) is 0 Å². The van der Waals surface area contributed by atoms with Gasteiger partial charge in [-0.25, -0.2) is 4.39 Å². The number of carbonyl (C=O) groups excluding carboxylic acids is 1. The summed E-state index contributed by atoms with van der Waals surface area (Å²) in [5.74, 6) is 0.0618. The molecule has 3 fully saturated rings. The summed E-state index contributed by atoms with van der Waals surface area (Å²) < 4.78 is 49.7. The molecule has 5 aromatic rings. The second kappa shape index (κ2) is 9.01. The molecule has 1 atom stereocenters. The lowest BCUT2D eigenvalue weighted by molar-refractivity contribution is -0.157. The van der Waals surface area contributed by atoms with E-state index in [2.05, 4.69) is 23.5 Å². The lowest BCUT2D eigenvalue weighted by Gasteiger charge is -2.35. The third-order valence-corrected chi connectivity index (χ3v) is 10.7. The number of aromatic nitrogens is 3. The van der Waals surface area contributed by atoms with Gasteiger partial charge in [0, 0.05) is 22.2 Å². The molecule has 0 spiro atoms. The number of esters is 1. The molecule has 0 amide bonds. The van der Waals surface area contributed by atoms with Gasteiger partial charge in [0.1, 0.15) is 5.82 Å². The van der Waals surface area contributed by atoms with Crippen LogP contribution >= 0.6 is 0 Å². The van der Waals surface area contributed by atoms with Crippen LogP contribution in [0.15, 0.2) is 77.8 Å². The van der Waals surface area contributed by atoms with Crippen molar-refractivity contribution in [1.29, 1.82) is 0 Å². The number of hydrogen-bond donors (Lipinski definition) is 0. The van der Waals surface area contributed by atoms with E-state index in [0.717, 1.165) is 44.8 Å². The maximum atomic E-state index is 14.0. The van der Waals surface area contributed by atoms with E-state index in [1.165, 1.54) is 19.2 Å². The molecular formula is C32H30FN3O4S. The van der Waals surface area contributed by atoms with Gasteiger partial charge in [-0.2, -0.15) is 17.6 Å². The Bertz CT molecular complexity index is 1940. The first-order valence-electron chi connectivity index (χ1n) is 13.9. The van der Waals surface area contributed by atoms with Crippen molar-refractivity contribution in [3.8, 4) is 5.69 Å². The average molecular weight is 572 g/mol. The highest BCUT2D eigenvalue weighted by Gasteiger charge is 2.62. The zero-order valence-corrected chi connectivity index (χ0v) is 23.9. The standard InChI is InChI=1S/C32H30FN3O4S/c1-19(2)30-29(26-17-32(31(37)40-3)15-21(26)16-32)25-14-27-20(13-28(25)35(30)23-11-9-22(33)10-12-23)18-34-36(27)41(38,39)24-7-5-4-6-8-24/h4-14,18-19,21,26H,15-17H2,1-3H3. The second-order valence-electron chi connectivity index (χ2n) is 11.8. The van der Waals surface area contributed by atoms with Crippen LogP contribution in [0.3, 0.4) is 0 Å². The quantitative estimate of drug-likeness (QED) is 0.216. The number of nitrogens with zero attached hydrogens (tertiary/aromatic N) is 3. The zero-order valence-electron chi connectivity index (χ0n) is 23.0. The van der Waals surface area contributed by atoms with Crippen LogP contribution in [0.2, 0.25) is 0 Å². The van der Waals surface area contributed by atoms with Gasteiger partial charge in [-0.1, -0.05) is 32.0 Å². The molecule has 8 rings (SSSR count). The third kappa shape index (κ3) is 3.71. The van der Waals surface area contributed by atoms with E-state index in [-0.39, 0.29) is 28.5 Å². The average Bonchev–Trinajstić information content (AvgIpc) is 3.71. The Morgan fingerprint density at radius 1 is 1.02 bits per heavy atom. The van der Waals surface area contributed by atoms with Gasteiger partial charge in [-0.05, 0) is 91.1 Å². The van der Waals surface area contributed by atoms with Crippen LogP contribution in [-0.4, -0.2) is 35.2 Å². The predicted octanol–water partition coefficient (Wildman–Crippen LogP) is 6.54. The number of ether oxygens (including phenoxy) is 1. The normalized spacial score (nSPS) is 22.0. The number of rotatable bonds is 6. The van der Waals surface area contributed by atoms with Gasteiger partial charge in [0.25, 0.3) is 10.0 Å². The summed E-state index contributed by atoms with van der Waals surface area (Å²) in [5, 5.41) is 5.93. The Balaban J connectivity index is 1.52. The monoisotopic (exact) mass is 571 g/mol. The fraction of sp³-hybridized carbons (Fsp3) is 0.312. The Labute approximate surface area is 237 Å². The Kier molecular flexibility index (Phi) is 5.70. The molecule has 2 bridgehead atoms. The SMILES string of the molecule is COC(=O)C12CC(C1)C(c1c(C(C)C)n(-c3ccc(F)cc3)c3cc4cnn(S(=O)(=O)c5ccccc5)c4cc13)C2. The first-order chi connectivity index (χ1) is 19.6. The Morgan fingerprint density at radius 2 is 1.73 bits per heavy atom. The van der Waals surface area contributed by atoms with Crippen LogP contribution < -0.4 is 0 Å². The van der Waals surface area contributed by atoms with Crippen molar-refractivity contribution >= 4 is 37.8 Å². The van der Waals surface area contributed by atoms with E-state index in [1.807, 2.05) is 12.1 Å². The number of benzene rings is 3. The molecule has 3 aliphatic carbocycles. The minimum atomic E-state index is -3.93. The molecule has 2 heterocycles. The van der Waals surface area contributed by atoms with Crippen LogP contribution in [0.4, 0.5) is 4.39 Å². The van der Waals surface area contributed by atoms with E-state index in [1.54, 1.807) is 48.7 Å². The van der Waals surface area contributed by atoms with Gasteiger partial charge in [0.15, 0.2) is 0 Å². The van der Waals surface area contributed by atoms with Gasteiger partial charge in [0.2, 0.25) is 0 Å². The van der Waals surface area contributed by atoms with Crippen LogP contribution in [-0.2, 0) is 19.6 Å². The summed E-state index contributed by atoms with van der Waals surface area (Å²) in [5.41, 5.74) is 3.95. The predicted molar refractivity (Wildman–Crippen MR) is 154 cm³/mol. The molecule has 0 radical (unpaired) electrons. The van der Waals surface area contributed by atoms with E-state index >= 15 is 0 Å². The summed E-state index contributed by atoms with van der Waals surface area (Å²) in [6, 6.07) is 18.6. The smallest absolute Gasteiger partial charge is 0.311 e. The van der Waals surface area contributed by atoms with Crippen LogP contribution in [0.25, 0.3) is 27.5 Å². The first-order valence-corrected chi connectivity index (χ1v) is 15.3. The number of fused-ring (bicyclic) bond motifs is 3. The summed E-state index contributed by atoms with van der Waals surface area (Å²) in [4.78, 5) is 12.9. The van der Waals surface area contributed by atoms with Gasteiger partial charge in [0.05, 0.1) is 34.7 Å². The number of methoxy groups -OCH3 is 1. The van der Waals surface area contributed by atoms with E-state index in [9.17, 15) is 17.6 Å². The summed E-state index contributed by atoms with van der Waals surface area (Å²) in [6.45, 7) is 4.27. The van der Waals surface area contributed by atoms with E-state index < -0.39 is 15.4 Å². The zero-order chi connectivity index (χ0) is 28.7. The minimum Gasteiger partial charge on any atom is -0.469 e. The molecule has 1 unspecified atom stereocenters. The highest BCUT2D eigenvalue weighted by atomic mass is 32.2. The Morgan fingerprint density at radius 3 is 2.39 bits per heavy atom. The number of carbonyl (C=O) groups is 1. The molecule has 2 aromatic heterocycles. The summed E-state index contributed by atoms with van der Waals surface area (Å²) >= 11 is 0. The molecule has 0 N–H and O–H groups in total. The number of hydrogen-bond acceptors (Lipinski definition) is 5. The fourth-order valence-electron chi connectivity index (χ4n) is 7.33. The molecule has 3 saturated carbocycles. The Hall–Kier alpha value is -3.98. The van der Waals surface area contributed by atoms with Gasteiger partial charge in [-0.15, -0.1) is 0 Å². The van der Waals surface area contributed by atoms with Crippen LogP contribution in [0, 0.1) is 17.2 Å². The third-order valence-electron chi connectivity index (χ3n) is 9.08. The van der Waals surface area contributed by atoms with Crippen LogP contribution in [0.1, 0.15) is 56.2 Å². The highest BCUT2D eigenvalue weighted by Crippen LogP contribution is 2.67. The molecule has 9 heteroatoms. The summed E-state index contributed by atoms with van der Waals surface area (Å²) in [6.07, 6.45) is 3.83. The minimum absolute atomic E-state index is 0.0991. The first kappa shape index (κ1) is 26.0. The van der Waals surface area contributed by atoms with Gasteiger partial charge >= 0.3 is 5.97 Å². The largest absolute Gasteiger partial charge is 0.469 e. The van der Waals surface area contributed by atoms with Gasteiger partial charge in [-0.3, -0.25) is 4.79 Å². The molecule has 3 aromatic carbocycles. The van der Waals surface area contributed by atoms with Crippen molar-refractivity contribution in [1.82, 2.24) is 13.8 Å². The van der Waals surface area contributed by atoms with Crippen molar-refractivity contribution in [3.05, 3.63) is 90.0 Å². The molecule has 41 heavy (non-hydrogen) atoms. The van der Waals surface area contributed by atoms with Crippen molar-refractivity contribution in [2.45, 2.75) is 49.8 Å². The van der Waals surface area contributed by atoms with Crippen molar-refractivity contribution in [2.75, 3.05) is 7.11 Å². The van der Waals surface area contributed by atoms with E-state index in [0.29, 0.717) is 23.2 Å². The topological polar surface area (TPSA) is 83.2 Å². The maximum absolute atomic E-state index is 14.0. The van der Waals surface area contributed by atoms with Crippen LogP contribution in [0.5, 0.6) is 0 Å². The molecule has 210 valence electrons. The number of halogens is 1. The lowest BCUT2D eigenvalue weighted by atomic mass is 9.69. The lowest BCUT2D eigenvalue weighted by Crippen LogP contribution is -2.37. The van der Waals surface area contributed by atoms with E-state index in [4.69, 9.17) is 4.74 Å². The molecule has 0 saturated heterocycles. The molecule has 0 aliphatic heterocycles.